The number of para-hydroxylation sites is 1. The summed E-state index contributed by atoms with van der Waals surface area (Å²) in [6, 6.07) is 7.53. The van der Waals surface area contributed by atoms with Crippen LogP contribution < -0.4 is 10.1 Å². The monoisotopic (exact) mass is 327 g/mol. The number of nitrogens with zero attached hydrogens (tertiary/aromatic N) is 2. The molecule has 0 bridgehead atoms. The molecule has 0 unspecified atom stereocenters. The summed E-state index contributed by atoms with van der Waals surface area (Å²) in [7, 11) is 1.61. The molecule has 1 aliphatic rings. The van der Waals surface area contributed by atoms with Crippen molar-refractivity contribution in [2.24, 2.45) is 0 Å². The molecule has 1 N–H and O–H groups in total. The van der Waals surface area contributed by atoms with Crippen molar-refractivity contribution in [2.45, 2.75) is 25.5 Å². The Bertz CT molecular complexity index is 718. The third-order valence-corrected chi connectivity index (χ3v) is 3.87. The van der Waals surface area contributed by atoms with Gasteiger partial charge in [-0.25, -0.2) is 0 Å². The first-order chi connectivity index (χ1) is 11.7. The van der Waals surface area contributed by atoms with E-state index in [0.29, 0.717) is 12.2 Å². The summed E-state index contributed by atoms with van der Waals surface area (Å²) < 4.78 is 12.6. The predicted octanol–water partition coefficient (Wildman–Crippen LogP) is 2.72. The standard InChI is InChI=1S/C18H21N3O3/c1-23-17-7-3-2-5-14(17)8-9-18(22)20-15-11-19-21(12-15)13-16-6-4-10-24-16/h2-3,5,7-9,11-12,16H,4,6,10,13H2,1H3,(H,20,22)/b9-8-/t16-/m0/s1. The van der Waals surface area contributed by atoms with Crippen LogP contribution in [0.2, 0.25) is 0 Å². The smallest absolute Gasteiger partial charge is 0.248 e. The lowest BCUT2D eigenvalue weighted by Gasteiger charge is -2.08. The maximum Gasteiger partial charge on any atom is 0.248 e. The Morgan fingerprint density at radius 3 is 3.17 bits per heavy atom. The SMILES string of the molecule is COc1ccccc1/C=C\C(=O)Nc1cnn(C[C@@H]2CCCO2)c1. The minimum atomic E-state index is -0.211. The lowest BCUT2D eigenvalue weighted by molar-refractivity contribution is -0.111. The fourth-order valence-electron chi connectivity index (χ4n) is 2.68. The van der Waals surface area contributed by atoms with Gasteiger partial charge in [0.2, 0.25) is 5.91 Å². The Morgan fingerprint density at radius 1 is 1.50 bits per heavy atom. The molecule has 6 nitrogen and oxygen atoms in total. The molecule has 0 saturated carbocycles. The molecule has 0 radical (unpaired) electrons. The van der Waals surface area contributed by atoms with Crippen LogP contribution in [-0.4, -0.2) is 35.5 Å². The summed E-state index contributed by atoms with van der Waals surface area (Å²) in [6.07, 6.45) is 9.05. The molecule has 2 aromatic rings. The molecule has 24 heavy (non-hydrogen) atoms. The van der Waals surface area contributed by atoms with Crippen LogP contribution in [0.15, 0.2) is 42.7 Å². The third kappa shape index (κ3) is 4.23. The molecular weight excluding hydrogens is 306 g/mol. The molecule has 1 fully saturated rings. The molecule has 0 spiro atoms. The molecule has 3 rings (SSSR count). The molecule has 1 aromatic heterocycles. The van der Waals surface area contributed by atoms with Crippen LogP contribution in [0.25, 0.3) is 6.08 Å². The van der Waals surface area contributed by atoms with E-state index in [9.17, 15) is 4.79 Å². The van der Waals surface area contributed by atoms with E-state index in [0.717, 1.165) is 30.8 Å². The van der Waals surface area contributed by atoms with Gasteiger partial charge in [-0.2, -0.15) is 5.10 Å². The predicted molar refractivity (Wildman–Crippen MR) is 91.9 cm³/mol. The van der Waals surface area contributed by atoms with E-state index < -0.39 is 0 Å². The lowest BCUT2D eigenvalue weighted by Crippen LogP contribution is -2.15. The fourth-order valence-corrected chi connectivity index (χ4v) is 2.68. The second kappa shape index (κ2) is 7.79. The minimum absolute atomic E-state index is 0.211. The molecular formula is C18H21N3O3. The summed E-state index contributed by atoms with van der Waals surface area (Å²) in [4.78, 5) is 12.0. The number of carbonyl (C=O) groups is 1. The first kappa shape index (κ1) is 16.3. The highest BCUT2D eigenvalue weighted by Gasteiger charge is 2.16. The van der Waals surface area contributed by atoms with Crippen LogP contribution in [0, 0.1) is 0 Å². The lowest BCUT2D eigenvalue weighted by atomic mass is 10.2. The van der Waals surface area contributed by atoms with E-state index in [2.05, 4.69) is 10.4 Å². The second-order valence-corrected chi connectivity index (χ2v) is 5.65. The van der Waals surface area contributed by atoms with Gasteiger partial charge >= 0.3 is 0 Å². The zero-order valence-electron chi connectivity index (χ0n) is 13.6. The van der Waals surface area contributed by atoms with Crippen LogP contribution in [-0.2, 0) is 16.1 Å². The number of benzene rings is 1. The van der Waals surface area contributed by atoms with Gasteiger partial charge in [0.05, 0.1) is 31.6 Å². The highest BCUT2D eigenvalue weighted by molar-refractivity contribution is 6.01. The van der Waals surface area contributed by atoms with Crippen molar-refractivity contribution < 1.29 is 14.3 Å². The van der Waals surface area contributed by atoms with Crippen LogP contribution >= 0.6 is 0 Å². The first-order valence-electron chi connectivity index (χ1n) is 8.01. The maximum atomic E-state index is 12.0. The van der Waals surface area contributed by atoms with Gasteiger partial charge in [-0.05, 0) is 25.0 Å². The normalized spacial score (nSPS) is 17.3. The Morgan fingerprint density at radius 2 is 2.38 bits per heavy atom. The number of carbonyl (C=O) groups excluding carboxylic acids is 1. The number of nitrogens with one attached hydrogen (secondary N) is 1. The largest absolute Gasteiger partial charge is 0.496 e. The summed E-state index contributed by atoms with van der Waals surface area (Å²) in [5, 5.41) is 7.06. The zero-order chi connectivity index (χ0) is 16.8. The number of aromatic nitrogens is 2. The molecule has 0 aliphatic carbocycles. The van der Waals surface area contributed by atoms with Crippen LogP contribution in [0.5, 0.6) is 5.75 Å². The second-order valence-electron chi connectivity index (χ2n) is 5.65. The van der Waals surface area contributed by atoms with Gasteiger partial charge < -0.3 is 14.8 Å². The van der Waals surface area contributed by atoms with Gasteiger partial charge in [-0.1, -0.05) is 18.2 Å². The van der Waals surface area contributed by atoms with Gasteiger partial charge in [-0.3, -0.25) is 9.48 Å². The number of hydrogen-bond donors (Lipinski definition) is 1. The molecule has 1 aliphatic heterocycles. The Labute approximate surface area is 141 Å². The topological polar surface area (TPSA) is 65.4 Å². The van der Waals surface area contributed by atoms with Crippen molar-refractivity contribution in [1.29, 1.82) is 0 Å². The molecule has 2 heterocycles. The van der Waals surface area contributed by atoms with Crippen molar-refractivity contribution in [3.05, 3.63) is 48.3 Å². The van der Waals surface area contributed by atoms with E-state index in [1.807, 2.05) is 30.5 Å². The van der Waals surface area contributed by atoms with Gasteiger partial charge in [-0.15, -0.1) is 0 Å². The third-order valence-electron chi connectivity index (χ3n) is 3.87. The molecule has 6 heteroatoms. The summed E-state index contributed by atoms with van der Waals surface area (Å²) in [5.41, 5.74) is 1.52. The maximum absolute atomic E-state index is 12.0. The molecule has 1 saturated heterocycles. The Kier molecular flexibility index (Phi) is 5.28. The van der Waals surface area contributed by atoms with Gasteiger partial charge in [0, 0.05) is 24.4 Å². The van der Waals surface area contributed by atoms with Crippen LogP contribution in [0.4, 0.5) is 5.69 Å². The number of methoxy groups -OCH3 is 1. The first-order valence-corrected chi connectivity index (χ1v) is 8.01. The minimum Gasteiger partial charge on any atom is -0.496 e. The van der Waals surface area contributed by atoms with Crippen LogP contribution in [0.3, 0.4) is 0 Å². The quantitative estimate of drug-likeness (QED) is 0.829. The van der Waals surface area contributed by atoms with E-state index in [1.54, 1.807) is 24.1 Å². The molecule has 1 atom stereocenters. The number of amides is 1. The van der Waals surface area contributed by atoms with Crippen molar-refractivity contribution in [1.82, 2.24) is 9.78 Å². The Hall–Kier alpha value is -2.60. The average Bonchev–Trinajstić information content (AvgIpc) is 3.26. The highest BCUT2D eigenvalue weighted by Crippen LogP contribution is 2.19. The summed E-state index contributed by atoms with van der Waals surface area (Å²) in [6.45, 7) is 1.54. The number of anilines is 1. The molecule has 126 valence electrons. The zero-order valence-corrected chi connectivity index (χ0v) is 13.6. The van der Waals surface area contributed by atoms with E-state index in [-0.39, 0.29) is 12.0 Å². The summed E-state index contributed by atoms with van der Waals surface area (Å²) in [5.74, 6) is 0.517. The van der Waals surface area contributed by atoms with Crippen LogP contribution in [0.1, 0.15) is 18.4 Å². The van der Waals surface area contributed by atoms with E-state index in [1.165, 1.54) is 6.08 Å². The van der Waals surface area contributed by atoms with Gasteiger partial charge in [0.1, 0.15) is 5.75 Å². The van der Waals surface area contributed by atoms with Crippen molar-refractivity contribution in [3.63, 3.8) is 0 Å². The average molecular weight is 327 g/mol. The number of rotatable bonds is 6. The highest BCUT2D eigenvalue weighted by atomic mass is 16.5. The van der Waals surface area contributed by atoms with Gasteiger partial charge in [0.25, 0.3) is 0 Å². The molecule has 1 aromatic carbocycles. The number of ether oxygens (including phenoxy) is 2. The molecule has 1 amide bonds. The van der Waals surface area contributed by atoms with Crippen molar-refractivity contribution in [2.75, 3.05) is 19.0 Å². The van der Waals surface area contributed by atoms with E-state index in [4.69, 9.17) is 9.47 Å². The number of hydrogen-bond acceptors (Lipinski definition) is 4. The summed E-state index contributed by atoms with van der Waals surface area (Å²) >= 11 is 0. The Balaban J connectivity index is 1.56. The van der Waals surface area contributed by atoms with Crippen molar-refractivity contribution in [3.8, 4) is 5.75 Å². The van der Waals surface area contributed by atoms with Crippen molar-refractivity contribution >= 4 is 17.7 Å². The van der Waals surface area contributed by atoms with E-state index >= 15 is 0 Å². The van der Waals surface area contributed by atoms with Gasteiger partial charge in [0.15, 0.2) is 0 Å². The fraction of sp³-hybridized carbons (Fsp3) is 0.333.